The minimum Gasteiger partial charge on any atom is -0.340 e. The number of fused-ring (bicyclic) bond motifs is 1. The predicted molar refractivity (Wildman–Crippen MR) is 129 cm³/mol. The van der Waals surface area contributed by atoms with E-state index in [1.807, 2.05) is 36.1 Å². The van der Waals surface area contributed by atoms with Gasteiger partial charge in [0.2, 0.25) is 17.6 Å². The van der Waals surface area contributed by atoms with Gasteiger partial charge in [-0.2, -0.15) is 4.98 Å². The molecule has 0 unspecified atom stereocenters. The number of amides is 1. The van der Waals surface area contributed by atoms with Crippen molar-refractivity contribution in [2.24, 2.45) is 0 Å². The molecular formula is C26H27N5O3. The summed E-state index contributed by atoms with van der Waals surface area (Å²) in [5.41, 5.74) is 3.21. The number of piperazine rings is 1. The number of carbonyl (C=O) groups is 1. The molecule has 8 nitrogen and oxygen atoms in total. The fraction of sp³-hybridized carbons (Fsp3) is 0.308. The molecule has 8 heteroatoms. The Kier molecular flexibility index (Phi) is 6.22. The monoisotopic (exact) mass is 457 g/mol. The molecule has 0 spiro atoms. The van der Waals surface area contributed by atoms with Crippen LogP contribution in [0.3, 0.4) is 0 Å². The molecule has 0 bridgehead atoms. The van der Waals surface area contributed by atoms with E-state index < -0.39 is 0 Å². The van der Waals surface area contributed by atoms with Crippen LogP contribution < -0.4 is 5.56 Å². The minimum absolute atomic E-state index is 0.0815. The van der Waals surface area contributed by atoms with Crippen molar-refractivity contribution in [3.05, 3.63) is 82.0 Å². The third kappa shape index (κ3) is 4.92. The van der Waals surface area contributed by atoms with Crippen LogP contribution >= 0.6 is 0 Å². The van der Waals surface area contributed by atoms with E-state index in [1.54, 1.807) is 6.07 Å². The number of nitrogens with one attached hydrogen (secondary N) is 1. The maximum atomic E-state index is 12.7. The number of benzene rings is 2. The summed E-state index contributed by atoms with van der Waals surface area (Å²) in [5, 5.41) is 4.87. The Morgan fingerprint density at radius 3 is 2.65 bits per heavy atom. The number of aryl methyl sites for hydroxylation is 2. The first kappa shape index (κ1) is 22.0. The standard InChI is InChI=1S/C26H27N5O3/c1-18-7-8-20-16-21(26(33)27-22(20)15-18)25-28-23(34-29-25)9-10-24(32)31-13-11-30(12-14-31)17-19-5-3-2-4-6-19/h2-8,15-16H,9-14,17H2,1H3,(H,27,33). The third-order valence-electron chi connectivity index (χ3n) is 6.24. The Balaban J connectivity index is 1.16. The molecular weight excluding hydrogens is 430 g/mol. The van der Waals surface area contributed by atoms with Gasteiger partial charge in [0.1, 0.15) is 0 Å². The molecule has 0 saturated carbocycles. The molecule has 3 heterocycles. The van der Waals surface area contributed by atoms with Crippen molar-refractivity contribution in [2.45, 2.75) is 26.3 Å². The maximum absolute atomic E-state index is 12.7. The second-order valence-electron chi connectivity index (χ2n) is 8.76. The van der Waals surface area contributed by atoms with Gasteiger partial charge in [-0.15, -0.1) is 0 Å². The summed E-state index contributed by atoms with van der Waals surface area (Å²) in [7, 11) is 0. The smallest absolute Gasteiger partial charge is 0.259 e. The maximum Gasteiger partial charge on any atom is 0.259 e. The van der Waals surface area contributed by atoms with Crippen molar-refractivity contribution in [3.63, 3.8) is 0 Å². The molecule has 1 fully saturated rings. The Labute approximate surface area is 197 Å². The highest BCUT2D eigenvalue weighted by Gasteiger charge is 2.22. The number of rotatable bonds is 6. The van der Waals surface area contributed by atoms with Crippen LogP contribution in [0, 0.1) is 6.92 Å². The highest BCUT2D eigenvalue weighted by atomic mass is 16.5. The summed E-state index contributed by atoms with van der Waals surface area (Å²) in [6.45, 7) is 6.02. The lowest BCUT2D eigenvalue weighted by Gasteiger charge is -2.34. The number of H-pyrrole nitrogens is 1. The van der Waals surface area contributed by atoms with Crippen molar-refractivity contribution in [1.82, 2.24) is 24.9 Å². The highest BCUT2D eigenvalue weighted by molar-refractivity contribution is 5.82. The zero-order valence-electron chi connectivity index (χ0n) is 19.2. The van der Waals surface area contributed by atoms with Gasteiger partial charge in [-0.1, -0.05) is 47.6 Å². The van der Waals surface area contributed by atoms with Crippen LogP contribution in [-0.4, -0.2) is 57.0 Å². The largest absolute Gasteiger partial charge is 0.340 e. The summed E-state index contributed by atoms with van der Waals surface area (Å²) in [5.74, 6) is 0.674. The van der Waals surface area contributed by atoms with Gasteiger partial charge in [0.15, 0.2) is 0 Å². The average Bonchev–Trinajstić information content (AvgIpc) is 3.32. The molecule has 1 N–H and O–H groups in total. The van der Waals surface area contributed by atoms with Crippen LogP contribution in [0.2, 0.25) is 0 Å². The van der Waals surface area contributed by atoms with Gasteiger partial charge >= 0.3 is 0 Å². The number of nitrogens with zero attached hydrogens (tertiary/aromatic N) is 4. The summed E-state index contributed by atoms with van der Waals surface area (Å²) in [6, 6.07) is 18.0. The van der Waals surface area contributed by atoms with E-state index in [0.717, 1.165) is 36.1 Å². The number of hydrogen-bond donors (Lipinski definition) is 1. The first-order valence-corrected chi connectivity index (χ1v) is 11.6. The molecule has 1 aliphatic heterocycles. The van der Waals surface area contributed by atoms with E-state index in [9.17, 15) is 9.59 Å². The van der Waals surface area contributed by atoms with E-state index in [-0.39, 0.29) is 17.3 Å². The first-order chi connectivity index (χ1) is 16.5. The fourth-order valence-corrected chi connectivity index (χ4v) is 4.32. The zero-order valence-corrected chi connectivity index (χ0v) is 19.2. The topological polar surface area (TPSA) is 95.3 Å². The Morgan fingerprint density at radius 1 is 1.06 bits per heavy atom. The van der Waals surface area contributed by atoms with E-state index in [4.69, 9.17) is 4.52 Å². The molecule has 0 radical (unpaired) electrons. The van der Waals surface area contributed by atoms with Crippen LogP contribution in [0.4, 0.5) is 0 Å². The summed E-state index contributed by atoms with van der Waals surface area (Å²) >= 11 is 0. The van der Waals surface area contributed by atoms with Gasteiger partial charge < -0.3 is 14.4 Å². The van der Waals surface area contributed by atoms with Crippen LogP contribution in [-0.2, 0) is 17.8 Å². The van der Waals surface area contributed by atoms with E-state index >= 15 is 0 Å². The second-order valence-corrected chi connectivity index (χ2v) is 8.76. The first-order valence-electron chi connectivity index (χ1n) is 11.6. The van der Waals surface area contributed by atoms with Crippen molar-refractivity contribution in [1.29, 1.82) is 0 Å². The third-order valence-corrected chi connectivity index (χ3v) is 6.24. The number of aromatic nitrogens is 3. The Morgan fingerprint density at radius 2 is 1.85 bits per heavy atom. The van der Waals surface area contributed by atoms with Crippen molar-refractivity contribution in [2.75, 3.05) is 26.2 Å². The van der Waals surface area contributed by atoms with Gasteiger partial charge in [0.05, 0.1) is 5.56 Å². The summed E-state index contributed by atoms with van der Waals surface area (Å²) < 4.78 is 5.33. The van der Waals surface area contributed by atoms with Gasteiger partial charge in [-0.3, -0.25) is 14.5 Å². The van der Waals surface area contributed by atoms with Gasteiger partial charge in [0.25, 0.3) is 5.56 Å². The molecule has 174 valence electrons. The lowest BCUT2D eigenvalue weighted by molar-refractivity contribution is -0.133. The molecule has 2 aromatic heterocycles. The van der Waals surface area contributed by atoms with E-state index in [1.165, 1.54) is 5.56 Å². The minimum atomic E-state index is -0.269. The van der Waals surface area contributed by atoms with Crippen molar-refractivity contribution >= 4 is 16.8 Å². The quantitative estimate of drug-likeness (QED) is 0.478. The molecule has 2 aromatic carbocycles. The zero-order chi connectivity index (χ0) is 23.5. The Hall–Kier alpha value is -3.78. The van der Waals surface area contributed by atoms with Crippen molar-refractivity contribution in [3.8, 4) is 11.4 Å². The number of pyridine rings is 1. The summed E-state index contributed by atoms with van der Waals surface area (Å²) in [6.07, 6.45) is 0.647. The van der Waals surface area contributed by atoms with E-state index in [2.05, 4.69) is 44.3 Å². The highest BCUT2D eigenvalue weighted by Crippen LogP contribution is 2.19. The molecule has 4 aromatic rings. The fourth-order valence-electron chi connectivity index (χ4n) is 4.32. The van der Waals surface area contributed by atoms with E-state index in [0.29, 0.717) is 37.4 Å². The molecule has 1 aliphatic rings. The Bertz CT molecular complexity index is 1350. The van der Waals surface area contributed by atoms with Crippen LogP contribution in [0.15, 0.2) is 63.9 Å². The van der Waals surface area contributed by atoms with Gasteiger partial charge in [-0.25, -0.2) is 0 Å². The van der Waals surface area contributed by atoms with Gasteiger partial charge in [-0.05, 0) is 35.6 Å². The van der Waals surface area contributed by atoms with Crippen molar-refractivity contribution < 1.29 is 9.32 Å². The predicted octanol–water partition coefficient (Wildman–Crippen LogP) is 3.16. The molecule has 1 saturated heterocycles. The number of carbonyl (C=O) groups excluding carboxylic acids is 1. The second kappa shape index (κ2) is 9.61. The SMILES string of the molecule is Cc1ccc2cc(-c3noc(CCC(=O)N4CCN(Cc5ccccc5)CC4)n3)c(=O)[nH]c2c1. The molecule has 0 aliphatic carbocycles. The lowest BCUT2D eigenvalue weighted by Crippen LogP contribution is -2.48. The van der Waals surface area contributed by atoms with Gasteiger partial charge in [0, 0.05) is 51.1 Å². The summed E-state index contributed by atoms with van der Waals surface area (Å²) in [4.78, 5) is 36.7. The molecule has 1 amide bonds. The molecule has 0 atom stereocenters. The van der Waals surface area contributed by atoms with Crippen LogP contribution in [0.5, 0.6) is 0 Å². The number of aromatic amines is 1. The molecule has 5 rings (SSSR count). The van der Waals surface area contributed by atoms with Crippen LogP contribution in [0.1, 0.15) is 23.4 Å². The number of hydrogen-bond acceptors (Lipinski definition) is 6. The lowest BCUT2D eigenvalue weighted by atomic mass is 10.1. The van der Waals surface area contributed by atoms with Crippen LogP contribution in [0.25, 0.3) is 22.3 Å². The molecule has 34 heavy (non-hydrogen) atoms. The average molecular weight is 458 g/mol. The normalized spacial score (nSPS) is 14.6.